The first-order chi connectivity index (χ1) is 14.6. The van der Waals surface area contributed by atoms with Gasteiger partial charge >= 0.3 is 0 Å². The lowest BCUT2D eigenvalue weighted by Gasteiger charge is -2.35. The lowest BCUT2D eigenvalue weighted by atomic mass is 9.86. The monoisotopic (exact) mass is 444 g/mol. The van der Waals surface area contributed by atoms with Crippen LogP contribution < -0.4 is 10.0 Å². The third-order valence-electron chi connectivity index (χ3n) is 6.31. The van der Waals surface area contributed by atoms with Crippen LogP contribution in [0.3, 0.4) is 0 Å². The van der Waals surface area contributed by atoms with Crippen LogP contribution in [0.2, 0.25) is 0 Å². The summed E-state index contributed by atoms with van der Waals surface area (Å²) in [5, 5.41) is 3.31. The zero-order valence-electron chi connectivity index (χ0n) is 18.5. The smallest absolute Gasteiger partial charge is 0.213 e. The molecule has 3 fully saturated rings. The number of hydrogen-bond acceptors (Lipinski definition) is 5. The van der Waals surface area contributed by atoms with Crippen molar-refractivity contribution in [3.63, 3.8) is 0 Å². The van der Waals surface area contributed by atoms with Crippen molar-refractivity contribution in [3.05, 3.63) is 0 Å². The molecule has 0 aromatic rings. The summed E-state index contributed by atoms with van der Waals surface area (Å²) in [6, 6.07) is 0. The van der Waals surface area contributed by atoms with Gasteiger partial charge in [-0.1, -0.05) is 6.42 Å². The van der Waals surface area contributed by atoms with E-state index in [2.05, 4.69) is 19.9 Å². The second-order valence-corrected chi connectivity index (χ2v) is 10.6. The molecule has 0 spiro atoms. The van der Waals surface area contributed by atoms with E-state index in [0.29, 0.717) is 19.1 Å². The SMILES string of the molecule is CCNC(=NCCS(=O)(=O)NCC1CCC1)N1CCC(OCC2CCCCO2)CC1. The quantitative estimate of drug-likeness (QED) is 0.394. The molecule has 2 N–H and O–H groups in total. The van der Waals surface area contributed by atoms with Gasteiger partial charge in [-0.25, -0.2) is 13.1 Å². The Morgan fingerprint density at radius 2 is 1.93 bits per heavy atom. The molecule has 3 aliphatic rings. The molecule has 1 unspecified atom stereocenters. The van der Waals surface area contributed by atoms with Crippen LogP contribution in [0.5, 0.6) is 0 Å². The van der Waals surface area contributed by atoms with Gasteiger partial charge in [-0.15, -0.1) is 0 Å². The van der Waals surface area contributed by atoms with Gasteiger partial charge in [-0.3, -0.25) is 4.99 Å². The third kappa shape index (κ3) is 7.98. The maximum absolute atomic E-state index is 12.2. The Hall–Kier alpha value is -0.900. The van der Waals surface area contributed by atoms with E-state index in [1.54, 1.807) is 0 Å². The number of ether oxygens (including phenoxy) is 2. The summed E-state index contributed by atoms with van der Waals surface area (Å²) in [4.78, 5) is 6.80. The molecule has 30 heavy (non-hydrogen) atoms. The average Bonchev–Trinajstić information content (AvgIpc) is 2.71. The molecule has 0 aromatic carbocycles. The summed E-state index contributed by atoms with van der Waals surface area (Å²) < 4.78 is 39.0. The van der Waals surface area contributed by atoms with Crippen LogP contribution in [0.1, 0.15) is 58.3 Å². The highest BCUT2D eigenvalue weighted by atomic mass is 32.2. The van der Waals surface area contributed by atoms with Gasteiger partial charge in [-0.05, 0) is 57.8 Å². The predicted molar refractivity (Wildman–Crippen MR) is 119 cm³/mol. The van der Waals surface area contributed by atoms with E-state index in [0.717, 1.165) is 64.3 Å². The molecule has 0 radical (unpaired) electrons. The Morgan fingerprint density at radius 3 is 2.57 bits per heavy atom. The van der Waals surface area contributed by atoms with E-state index >= 15 is 0 Å². The van der Waals surface area contributed by atoms with Crippen molar-refractivity contribution in [3.8, 4) is 0 Å². The Morgan fingerprint density at radius 1 is 1.13 bits per heavy atom. The fraction of sp³-hybridized carbons (Fsp3) is 0.952. The minimum Gasteiger partial charge on any atom is -0.376 e. The fourth-order valence-corrected chi connectivity index (χ4v) is 5.09. The largest absolute Gasteiger partial charge is 0.376 e. The van der Waals surface area contributed by atoms with Gasteiger partial charge < -0.3 is 19.7 Å². The van der Waals surface area contributed by atoms with Gasteiger partial charge in [0.1, 0.15) is 0 Å². The summed E-state index contributed by atoms with van der Waals surface area (Å²) in [5.41, 5.74) is 0. The molecular weight excluding hydrogens is 404 g/mol. The van der Waals surface area contributed by atoms with E-state index in [9.17, 15) is 8.42 Å². The summed E-state index contributed by atoms with van der Waals surface area (Å²) >= 11 is 0. The topological polar surface area (TPSA) is 92.3 Å². The van der Waals surface area contributed by atoms with E-state index in [1.165, 1.54) is 19.3 Å². The van der Waals surface area contributed by atoms with Crippen LogP contribution in [0.25, 0.3) is 0 Å². The summed E-state index contributed by atoms with van der Waals surface area (Å²) in [6.45, 7) is 6.95. The molecule has 2 aliphatic heterocycles. The molecule has 0 aromatic heterocycles. The Labute approximate surface area is 182 Å². The lowest BCUT2D eigenvalue weighted by molar-refractivity contribution is -0.0721. The van der Waals surface area contributed by atoms with Crippen molar-refractivity contribution >= 4 is 16.0 Å². The van der Waals surface area contributed by atoms with E-state index in [1.807, 2.05) is 6.92 Å². The first kappa shape index (κ1) is 23.8. The number of likely N-dealkylation sites (tertiary alicyclic amines) is 1. The second-order valence-electron chi connectivity index (χ2n) is 8.71. The van der Waals surface area contributed by atoms with Crippen molar-refractivity contribution in [2.24, 2.45) is 10.9 Å². The van der Waals surface area contributed by atoms with Crippen molar-refractivity contribution in [2.75, 3.05) is 51.7 Å². The average molecular weight is 445 g/mol. The van der Waals surface area contributed by atoms with Gasteiger partial charge in [0, 0.05) is 32.8 Å². The molecule has 0 amide bonds. The van der Waals surface area contributed by atoms with Crippen molar-refractivity contribution in [2.45, 2.75) is 70.5 Å². The maximum atomic E-state index is 12.2. The molecule has 0 bridgehead atoms. The molecule has 2 saturated heterocycles. The number of guanidine groups is 1. The van der Waals surface area contributed by atoms with Gasteiger partial charge in [-0.2, -0.15) is 0 Å². The van der Waals surface area contributed by atoms with Gasteiger partial charge in [0.15, 0.2) is 5.96 Å². The highest BCUT2D eigenvalue weighted by Gasteiger charge is 2.24. The summed E-state index contributed by atoms with van der Waals surface area (Å²) in [6.07, 6.45) is 9.45. The first-order valence-electron chi connectivity index (χ1n) is 11.8. The predicted octanol–water partition coefficient (Wildman–Crippen LogP) is 1.72. The van der Waals surface area contributed by atoms with Crippen LogP contribution >= 0.6 is 0 Å². The van der Waals surface area contributed by atoms with Crippen LogP contribution in [0.4, 0.5) is 0 Å². The number of aliphatic imine (C=N–C) groups is 1. The van der Waals surface area contributed by atoms with E-state index in [4.69, 9.17) is 9.47 Å². The van der Waals surface area contributed by atoms with Gasteiger partial charge in [0.05, 0.1) is 31.1 Å². The van der Waals surface area contributed by atoms with Crippen molar-refractivity contribution in [1.82, 2.24) is 14.9 Å². The second kappa shape index (κ2) is 12.2. The maximum Gasteiger partial charge on any atom is 0.213 e. The molecule has 1 atom stereocenters. The lowest BCUT2D eigenvalue weighted by Crippen LogP contribution is -2.47. The Balaban J connectivity index is 1.38. The standard InChI is InChI=1S/C21H40N4O4S/c1-2-22-21(23-11-15-30(26,27)24-16-18-6-5-7-18)25-12-9-19(10-13-25)29-17-20-8-3-4-14-28-20/h18-20,24H,2-17H2,1H3,(H,22,23). The van der Waals surface area contributed by atoms with Crippen molar-refractivity contribution < 1.29 is 17.9 Å². The number of sulfonamides is 1. The molecule has 3 rings (SSSR count). The molecular formula is C21H40N4O4S. The number of nitrogens with zero attached hydrogens (tertiary/aromatic N) is 2. The van der Waals surface area contributed by atoms with Gasteiger partial charge in [0.2, 0.25) is 10.0 Å². The van der Waals surface area contributed by atoms with Crippen molar-refractivity contribution in [1.29, 1.82) is 0 Å². The molecule has 9 heteroatoms. The Bertz CT molecular complexity index is 625. The zero-order chi connectivity index (χ0) is 21.2. The minimum absolute atomic E-state index is 0.0373. The van der Waals surface area contributed by atoms with E-state index < -0.39 is 10.0 Å². The van der Waals surface area contributed by atoms with E-state index in [-0.39, 0.29) is 24.5 Å². The van der Waals surface area contributed by atoms with Gasteiger partial charge in [0.25, 0.3) is 0 Å². The minimum atomic E-state index is -3.26. The highest BCUT2D eigenvalue weighted by molar-refractivity contribution is 7.89. The van der Waals surface area contributed by atoms with Crippen LogP contribution in [-0.2, 0) is 19.5 Å². The summed E-state index contributed by atoms with van der Waals surface area (Å²) in [5.74, 6) is 1.37. The number of nitrogens with one attached hydrogen (secondary N) is 2. The number of piperidine rings is 1. The molecule has 2 heterocycles. The normalized spacial score (nSPS) is 24.6. The molecule has 174 valence electrons. The zero-order valence-corrected chi connectivity index (χ0v) is 19.3. The first-order valence-corrected chi connectivity index (χ1v) is 13.4. The van der Waals surface area contributed by atoms with Crippen LogP contribution in [0, 0.1) is 5.92 Å². The van der Waals surface area contributed by atoms with Crippen LogP contribution in [-0.4, -0.2) is 83.2 Å². The van der Waals surface area contributed by atoms with Crippen LogP contribution in [0.15, 0.2) is 4.99 Å². The third-order valence-corrected chi connectivity index (χ3v) is 7.63. The molecule has 8 nitrogen and oxygen atoms in total. The Kier molecular flexibility index (Phi) is 9.67. The molecule has 1 saturated carbocycles. The number of rotatable bonds is 10. The fourth-order valence-electron chi connectivity index (χ4n) is 4.13. The number of hydrogen-bond donors (Lipinski definition) is 2. The highest BCUT2D eigenvalue weighted by Crippen LogP contribution is 2.25. The molecule has 1 aliphatic carbocycles. The summed E-state index contributed by atoms with van der Waals surface area (Å²) in [7, 11) is -3.26.